The zero-order valence-electron chi connectivity index (χ0n) is 9.87. The molecule has 1 aliphatic carbocycles. The number of hydrogen-bond acceptors (Lipinski definition) is 4. The van der Waals surface area contributed by atoms with Gasteiger partial charge in [0.1, 0.15) is 0 Å². The van der Waals surface area contributed by atoms with E-state index in [1.165, 1.54) is 12.1 Å². The smallest absolute Gasteiger partial charge is 0.340 e. The van der Waals surface area contributed by atoms with E-state index in [0.29, 0.717) is 0 Å². The summed E-state index contributed by atoms with van der Waals surface area (Å²) in [4.78, 5) is 11.2. The van der Waals surface area contributed by atoms with Crippen LogP contribution in [-0.4, -0.2) is 25.2 Å². The van der Waals surface area contributed by atoms with E-state index >= 15 is 0 Å². The Bertz CT molecular complexity index is 473. The molecule has 0 aromatic heterocycles. The number of carbonyl (C=O) groups excluding carboxylic acids is 1. The molecule has 4 nitrogen and oxygen atoms in total. The monoisotopic (exact) mass is 256 g/mol. The van der Waals surface area contributed by atoms with E-state index in [2.05, 4.69) is 10.1 Å². The molecule has 98 valence electrons. The zero-order valence-corrected chi connectivity index (χ0v) is 9.87. The third-order valence-electron chi connectivity index (χ3n) is 3.02. The summed E-state index contributed by atoms with van der Waals surface area (Å²) < 4.78 is 31.7. The first-order valence-corrected chi connectivity index (χ1v) is 5.61. The maximum absolute atomic E-state index is 13.7. The Hall–Kier alpha value is -1.69. The second kappa shape index (κ2) is 4.89. The van der Waals surface area contributed by atoms with E-state index in [0.717, 1.165) is 20.0 Å². The standard InChI is InChI=1S/C12H14F2N2O2/c1-18-12(17)8-2-3-9(11(14)10(8)13)16-7-4-6(15)5-7/h2-3,6-7,16H,4-5,15H2,1H3. The van der Waals surface area contributed by atoms with Crippen LogP contribution in [0.2, 0.25) is 0 Å². The summed E-state index contributed by atoms with van der Waals surface area (Å²) in [6.07, 6.45) is 1.44. The molecule has 6 heteroatoms. The number of methoxy groups -OCH3 is 1. The van der Waals surface area contributed by atoms with Crippen LogP contribution in [-0.2, 0) is 4.74 Å². The second-order valence-electron chi connectivity index (χ2n) is 4.35. The molecule has 18 heavy (non-hydrogen) atoms. The van der Waals surface area contributed by atoms with Crippen LogP contribution in [0, 0.1) is 11.6 Å². The molecule has 2 rings (SSSR count). The molecule has 1 saturated carbocycles. The highest BCUT2D eigenvalue weighted by atomic mass is 19.2. The maximum atomic E-state index is 13.7. The number of ether oxygens (including phenoxy) is 1. The lowest BCUT2D eigenvalue weighted by Crippen LogP contribution is -2.44. The van der Waals surface area contributed by atoms with Crippen molar-refractivity contribution in [2.24, 2.45) is 5.73 Å². The van der Waals surface area contributed by atoms with Gasteiger partial charge < -0.3 is 15.8 Å². The lowest BCUT2D eigenvalue weighted by molar-refractivity contribution is 0.0594. The third-order valence-corrected chi connectivity index (χ3v) is 3.02. The fraction of sp³-hybridized carbons (Fsp3) is 0.417. The number of benzene rings is 1. The topological polar surface area (TPSA) is 64.3 Å². The molecule has 3 N–H and O–H groups in total. The van der Waals surface area contributed by atoms with Gasteiger partial charge >= 0.3 is 5.97 Å². The van der Waals surface area contributed by atoms with Crippen molar-refractivity contribution in [3.8, 4) is 0 Å². The van der Waals surface area contributed by atoms with Gasteiger partial charge in [0.2, 0.25) is 0 Å². The molecule has 1 fully saturated rings. The molecule has 0 saturated heterocycles. The highest BCUT2D eigenvalue weighted by Gasteiger charge is 2.27. The van der Waals surface area contributed by atoms with Crippen LogP contribution < -0.4 is 11.1 Å². The lowest BCUT2D eigenvalue weighted by atomic mass is 9.87. The van der Waals surface area contributed by atoms with E-state index in [4.69, 9.17) is 5.73 Å². The van der Waals surface area contributed by atoms with Crippen molar-refractivity contribution in [2.75, 3.05) is 12.4 Å². The van der Waals surface area contributed by atoms with Crippen LogP contribution in [0.25, 0.3) is 0 Å². The predicted molar refractivity (Wildman–Crippen MR) is 62.3 cm³/mol. The first kappa shape index (κ1) is 12.8. The summed E-state index contributed by atoms with van der Waals surface area (Å²) in [5.74, 6) is -3.17. The first-order valence-electron chi connectivity index (χ1n) is 5.61. The molecule has 0 heterocycles. The molecule has 1 aromatic carbocycles. The van der Waals surface area contributed by atoms with E-state index in [9.17, 15) is 13.6 Å². The molecular weight excluding hydrogens is 242 g/mol. The van der Waals surface area contributed by atoms with Gasteiger partial charge in [-0.2, -0.15) is 0 Å². The fourth-order valence-corrected chi connectivity index (χ4v) is 1.93. The maximum Gasteiger partial charge on any atom is 0.340 e. The average molecular weight is 256 g/mol. The van der Waals surface area contributed by atoms with Gasteiger partial charge in [0.15, 0.2) is 11.6 Å². The van der Waals surface area contributed by atoms with Gasteiger partial charge in [-0.25, -0.2) is 13.6 Å². The number of hydrogen-bond donors (Lipinski definition) is 2. The van der Waals surface area contributed by atoms with Crippen LogP contribution in [0.5, 0.6) is 0 Å². The Morgan fingerprint density at radius 2 is 2.06 bits per heavy atom. The van der Waals surface area contributed by atoms with Gasteiger partial charge in [-0.1, -0.05) is 0 Å². The van der Waals surface area contributed by atoms with E-state index in [1.807, 2.05) is 0 Å². The molecule has 0 unspecified atom stereocenters. The van der Waals surface area contributed by atoms with Crippen molar-refractivity contribution >= 4 is 11.7 Å². The summed E-state index contributed by atoms with van der Waals surface area (Å²) >= 11 is 0. The quantitative estimate of drug-likeness (QED) is 0.807. The van der Waals surface area contributed by atoms with Crippen LogP contribution >= 0.6 is 0 Å². The van der Waals surface area contributed by atoms with E-state index < -0.39 is 23.2 Å². The van der Waals surface area contributed by atoms with Crippen molar-refractivity contribution in [2.45, 2.75) is 24.9 Å². The van der Waals surface area contributed by atoms with Crippen LogP contribution in [0.3, 0.4) is 0 Å². The highest BCUT2D eigenvalue weighted by molar-refractivity contribution is 5.90. The number of anilines is 1. The second-order valence-corrected chi connectivity index (χ2v) is 4.35. The minimum atomic E-state index is -1.20. The number of rotatable bonds is 3. The van der Waals surface area contributed by atoms with Crippen LogP contribution in [0.4, 0.5) is 14.5 Å². The Labute approximate surface area is 103 Å². The highest BCUT2D eigenvalue weighted by Crippen LogP contribution is 2.26. The van der Waals surface area contributed by atoms with Crippen molar-refractivity contribution in [1.82, 2.24) is 0 Å². The molecule has 0 amide bonds. The van der Waals surface area contributed by atoms with Crippen molar-refractivity contribution in [1.29, 1.82) is 0 Å². The van der Waals surface area contributed by atoms with Gasteiger partial charge in [0, 0.05) is 12.1 Å². The molecule has 1 aliphatic rings. The minimum Gasteiger partial charge on any atom is -0.465 e. The largest absolute Gasteiger partial charge is 0.465 e. The van der Waals surface area contributed by atoms with Gasteiger partial charge in [-0.15, -0.1) is 0 Å². The van der Waals surface area contributed by atoms with Crippen molar-refractivity contribution in [3.05, 3.63) is 29.3 Å². The number of carbonyl (C=O) groups is 1. The van der Waals surface area contributed by atoms with Crippen molar-refractivity contribution in [3.63, 3.8) is 0 Å². The van der Waals surface area contributed by atoms with Gasteiger partial charge in [-0.05, 0) is 25.0 Å². The molecule has 0 bridgehead atoms. The first-order chi connectivity index (χ1) is 8.52. The summed E-state index contributed by atoms with van der Waals surface area (Å²) in [6, 6.07) is 2.70. The van der Waals surface area contributed by atoms with Crippen molar-refractivity contribution < 1.29 is 18.3 Å². The van der Waals surface area contributed by atoms with E-state index in [1.54, 1.807) is 0 Å². The summed E-state index contributed by atoms with van der Waals surface area (Å²) in [5.41, 5.74) is 5.23. The molecule has 0 spiro atoms. The van der Waals surface area contributed by atoms with E-state index in [-0.39, 0.29) is 17.8 Å². The number of nitrogens with two attached hydrogens (primary N) is 1. The fourth-order valence-electron chi connectivity index (χ4n) is 1.93. The Morgan fingerprint density at radius 1 is 1.39 bits per heavy atom. The number of nitrogens with one attached hydrogen (secondary N) is 1. The Kier molecular flexibility index (Phi) is 3.47. The summed E-state index contributed by atoms with van der Waals surface area (Å²) in [7, 11) is 1.11. The Balaban J connectivity index is 2.18. The molecule has 1 aromatic rings. The third kappa shape index (κ3) is 2.28. The average Bonchev–Trinajstić information content (AvgIpc) is 2.32. The molecular formula is C12H14F2N2O2. The zero-order chi connectivity index (χ0) is 13.3. The number of halogens is 2. The molecule has 0 aliphatic heterocycles. The molecule has 0 radical (unpaired) electrons. The minimum absolute atomic E-state index is 0.0389. The van der Waals surface area contributed by atoms with Gasteiger partial charge in [0.25, 0.3) is 0 Å². The van der Waals surface area contributed by atoms with Crippen LogP contribution in [0.15, 0.2) is 12.1 Å². The van der Waals surface area contributed by atoms with Crippen LogP contribution in [0.1, 0.15) is 23.2 Å². The SMILES string of the molecule is COC(=O)c1ccc(NC2CC(N)C2)c(F)c1F. The normalized spacial score (nSPS) is 22.2. The Morgan fingerprint density at radius 3 is 2.61 bits per heavy atom. The number of esters is 1. The van der Waals surface area contributed by atoms with Gasteiger partial charge in [-0.3, -0.25) is 0 Å². The molecule has 0 atom stereocenters. The summed E-state index contributed by atoms with van der Waals surface area (Å²) in [5, 5.41) is 2.85. The lowest BCUT2D eigenvalue weighted by Gasteiger charge is -2.33. The predicted octanol–water partition coefficient (Wildman–Crippen LogP) is 1.65. The summed E-state index contributed by atoms with van der Waals surface area (Å²) in [6.45, 7) is 0. The van der Waals surface area contributed by atoms with Gasteiger partial charge in [0.05, 0.1) is 18.4 Å².